The second-order valence-corrected chi connectivity index (χ2v) is 9.15. The zero-order chi connectivity index (χ0) is 24.9. The molecule has 0 atom stereocenters. The largest absolute Gasteiger partial charge is 0.453 e. The van der Waals surface area contributed by atoms with Crippen molar-refractivity contribution in [3.63, 3.8) is 0 Å². The Morgan fingerprint density at radius 3 is 2.47 bits per heavy atom. The Balaban J connectivity index is 1.50. The molecule has 36 heavy (non-hydrogen) atoms. The molecule has 1 saturated carbocycles. The van der Waals surface area contributed by atoms with Gasteiger partial charge in [-0.25, -0.2) is 14.8 Å². The van der Waals surface area contributed by atoms with Gasteiger partial charge in [0.05, 0.1) is 24.0 Å². The number of aromatic nitrogens is 4. The highest BCUT2D eigenvalue weighted by atomic mass is 16.5. The number of carbonyl (C=O) groups is 2. The molecule has 0 spiro atoms. The number of Topliss-reactive ketones (excluding diaryl/α,β-unsaturated/α-hetero) is 1. The van der Waals surface area contributed by atoms with Gasteiger partial charge in [-0.05, 0) is 24.1 Å². The van der Waals surface area contributed by atoms with Crippen LogP contribution in [0, 0.1) is 6.92 Å². The number of hydrogen-bond donors (Lipinski definition) is 1. The van der Waals surface area contributed by atoms with Gasteiger partial charge >= 0.3 is 6.09 Å². The summed E-state index contributed by atoms with van der Waals surface area (Å²) in [5, 5.41) is 8.34. The molecular formula is C28H23N5O3. The van der Waals surface area contributed by atoms with Crippen LogP contribution in [0.25, 0.3) is 39.1 Å². The quantitative estimate of drug-likeness (QED) is 0.398. The number of benzene rings is 2. The topological polar surface area (TPSA) is 98.5 Å². The fourth-order valence-corrected chi connectivity index (χ4v) is 4.89. The number of hydrogen-bond acceptors (Lipinski definition) is 6. The van der Waals surface area contributed by atoms with Gasteiger partial charge in [-0.2, -0.15) is 9.61 Å². The molecule has 8 nitrogen and oxygen atoms in total. The van der Waals surface area contributed by atoms with Crippen LogP contribution in [0.1, 0.15) is 24.1 Å². The van der Waals surface area contributed by atoms with E-state index in [9.17, 15) is 9.59 Å². The Labute approximate surface area is 207 Å². The van der Waals surface area contributed by atoms with E-state index in [4.69, 9.17) is 9.72 Å². The third kappa shape index (κ3) is 3.58. The van der Waals surface area contributed by atoms with Crippen molar-refractivity contribution in [1.82, 2.24) is 24.9 Å². The Morgan fingerprint density at radius 2 is 1.78 bits per heavy atom. The van der Waals surface area contributed by atoms with Crippen molar-refractivity contribution in [2.24, 2.45) is 0 Å². The number of amides is 1. The fourth-order valence-electron chi connectivity index (χ4n) is 4.89. The molecule has 1 N–H and O–H groups in total. The molecule has 1 amide bonds. The van der Waals surface area contributed by atoms with Crippen molar-refractivity contribution in [3.05, 3.63) is 84.2 Å². The number of rotatable bonds is 4. The number of methoxy groups -OCH3 is 1. The van der Waals surface area contributed by atoms with Crippen LogP contribution >= 0.6 is 0 Å². The number of alkyl carbamates (subject to hydrolysis) is 1. The van der Waals surface area contributed by atoms with E-state index < -0.39 is 11.6 Å². The lowest BCUT2D eigenvalue weighted by molar-refractivity contribution is -0.129. The van der Waals surface area contributed by atoms with E-state index in [1.54, 1.807) is 4.52 Å². The maximum Gasteiger partial charge on any atom is 0.407 e. The average molecular weight is 478 g/mol. The summed E-state index contributed by atoms with van der Waals surface area (Å²) < 4.78 is 6.56. The number of nitrogens with zero attached hydrogens (tertiary/aromatic N) is 4. The number of carbonyl (C=O) groups excluding carboxylic acids is 2. The van der Waals surface area contributed by atoms with Crippen LogP contribution in [0.2, 0.25) is 0 Å². The summed E-state index contributed by atoms with van der Waals surface area (Å²) >= 11 is 0. The van der Waals surface area contributed by atoms with Crippen LogP contribution in [0.15, 0.2) is 72.9 Å². The SMILES string of the molecule is COC(=O)NC1(c2ccc(-c3nc4c(cnc5cc(C)nn54)cc3-c3ccccc3)cc2)CC(=O)C1. The van der Waals surface area contributed by atoms with Crippen LogP contribution in [0.4, 0.5) is 4.79 Å². The van der Waals surface area contributed by atoms with Gasteiger partial charge in [-0.1, -0.05) is 54.6 Å². The first-order valence-electron chi connectivity index (χ1n) is 11.7. The minimum Gasteiger partial charge on any atom is -0.453 e. The molecule has 1 fully saturated rings. The van der Waals surface area contributed by atoms with E-state index >= 15 is 0 Å². The normalized spacial score (nSPS) is 14.6. The zero-order valence-corrected chi connectivity index (χ0v) is 19.9. The molecule has 2 aromatic carbocycles. The number of pyridine rings is 1. The molecule has 0 aliphatic heterocycles. The number of fused-ring (bicyclic) bond motifs is 3. The summed E-state index contributed by atoms with van der Waals surface area (Å²) in [4.78, 5) is 33.4. The van der Waals surface area contributed by atoms with Gasteiger partial charge in [0.1, 0.15) is 5.78 Å². The van der Waals surface area contributed by atoms with E-state index in [0.29, 0.717) is 0 Å². The summed E-state index contributed by atoms with van der Waals surface area (Å²) in [6.07, 6.45) is 1.76. The number of aryl methyl sites for hydroxylation is 1. The standard InChI is InChI=1S/C28H23N5O3/c1-17-12-24-29-16-20-13-23(18-6-4-3-5-7-18)25(30-26(20)33(24)32-17)19-8-10-21(11-9-19)28(14-22(34)15-28)31-27(35)36-2/h3-13,16H,14-15H2,1-2H3,(H,31,35). The highest BCUT2D eigenvalue weighted by molar-refractivity contribution is 5.92. The zero-order valence-electron chi connectivity index (χ0n) is 19.9. The van der Waals surface area contributed by atoms with E-state index in [-0.39, 0.29) is 18.6 Å². The van der Waals surface area contributed by atoms with Gasteiger partial charge in [0.2, 0.25) is 0 Å². The van der Waals surface area contributed by atoms with E-state index in [1.165, 1.54) is 7.11 Å². The molecule has 6 rings (SSSR count). The van der Waals surface area contributed by atoms with Gasteiger partial charge in [-0.15, -0.1) is 0 Å². The predicted octanol–water partition coefficient (Wildman–Crippen LogP) is 4.83. The van der Waals surface area contributed by atoms with Crippen LogP contribution in [-0.4, -0.2) is 38.6 Å². The van der Waals surface area contributed by atoms with Gasteiger partial charge in [-0.3, -0.25) is 4.79 Å². The molecule has 8 heteroatoms. The molecular weight excluding hydrogens is 454 g/mol. The van der Waals surface area contributed by atoms with Crippen molar-refractivity contribution in [1.29, 1.82) is 0 Å². The van der Waals surface area contributed by atoms with Crippen molar-refractivity contribution < 1.29 is 14.3 Å². The van der Waals surface area contributed by atoms with Gasteiger partial charge in [0.15, 0.2) is 11.3 Å². The van der Waals surface area contributed by atoms with Gasteiger partial charge < -0.3 is 10.1 Å². The highest BCUT2D eigenvalue weighted by Gasteiger charge is 2.46. The smallest absolute Gasteiger partial charge is 0.407 e. The van der Waals surface area contributed by atoms with Crippen LogP contribution < -0.4 is 5.32 Å². The van der Waals surface area contributed by atoms with Crippen molar-refractivity contribution >= 4 is 28.6 Å². The summed E-state index contributed by atoms with van der Waals surface area (Å²) in [6.45, 7) is 1.93. The molecule has 5 aromatic rings. The summed E-state index contributed by atoms with van der Waals surface area (Å²) in [5.41, 5.74) is 6.17. The first-order valence-corrected chi connectivity index (χ1v) is 11.7. The Morgan fingerprint density at radius 1 is 1.03 bits per heavy atom. The number of ether oxygens (including phenoxy) is 1. The maximum atomic E-state index is 12.0. The lowest BCUT2D eigenvalue weighted by atomic mass is 9.70. The lowest BCUT2D eigenvalue weighted by Gasteiger charge is -2.41. The second kappa shape index (κ2) is 8.27. The maximum absolute atomic E-state index is 12.0. The van der Waals surface area contributed by atoms with Crippen LogP contribution in [-0.2, 0) is 15.1 Å². The highest BCUT2D eigenvalue weighted by Crippen LogP contribution is 2.40. The Bertz CT molecular complexity index is 1630. The molecule has 1 aliphatic carbocycles. The van der Waals surface area contributed by atoms with Crippen molar-refractivity contribution in [2.75, 3.05) is 7.11 Å². The Kier molecular flexibility index (Phi) is 5.03. The number of ketones is 1. The van der Waals surface area contributed by atoms with Crippen LogP contribution in [0.5, 0.6) is 0 Å². The minimum atomic E-state index is -0.744. The third-order valence-corrected chi connectivity index (χ3v) is 6.70. The van der Waals surface area contributed by atoms with Crippen molar-refractivity contribution in [2.45, 2.75) is 25.3 Å². The summed E-state index contributed by atoms with van der Waals surface area (Å²) in [5.74, 6) is 0.102. The molecule has 1 aliphatic rings. The van der Waals surface area contributed by atoms with E-state index in [1.807, 2.05) is 61.7 Å². The fraction of sp³-hybridized carbons (Fsp3) is 0.179. The predicted molar refractivity (Wildman–Crippen MR) is 135 cm³/mol. The molecule has 0 bridgehead atoms. The first kappa shape index (κ1) is 21.9. The van der Waals surface area contributed by atoms with E-state index in [0.717, 1.165) is 50.3 Å². The average Bonchev–Trinajstić information content (AvgIpc) is 3.28. The molecule has 0 saturated heterocycles. The molecule has 178 valence electrons. The minimum absolute atomic E-state index is 0.102. The van der Waals surface area contributed by atoms with Crippen LogP contribution in [0.3, 0.4) is 0 Å². The molecule has 0 unspecified atom stereocenters. The van der Waals surface area contributed by atoms with Crippen molar-refractivity contribution in [3.8, 4) is 22.4 Å². The monoisotopic (exact) mass is 477 g/mol. The third-order valence-electron chi connectivity index (χ3n) is 6.70. The summed E-state index contributed by atoms with van der Waals surface area (Å²) in [7, 11) is 1.32. The molecule has 3 heterocycles. The summed E-state index contributed by atoms with van der Waals surface area (Å²) in [6, 6.07) is 22.0. The van der Waals surface area contributed by atoms with Gasteiger partial charge in [0.25, 0.3) is 0 Å². The van der Waals surface area contributed by atoms with E-state index in [2.05, 4.69) is 33.6 Å². The molecule has 0 radical (unpaired) electrons. The molecule has 3 aromatic heterocycles. The van der Waals surface area contributed by atoms with Gasteiger partial charge in [0, 0.05) is 41.6 Å². The second-order valence-electron chi connectivity index (χ2n) is 9.15. The first-order chi connectivity index (χ1) is 17.5. The number of nitrogens with one attached hydrogen (secondary N) is 1. The lowest BCUT2D eigenvalue weighted by Crippen LogP contribution is -2.55. The Hall–Kier alpha value is -4.59.